The Bertz CT molecular complexity index is 704. The number of carbonyl (C=O) groups excluding carboxylic acids is 2. The van der Waals surface area contributed by atoms with Gasteiger partial charge in [-0.3, -0.25) is 4.79 Å². The molecule has 2 amide bonds. The van der Waals surface area contributed by atoms with Crippen LogP contribution >= 0.6 is 0 Å². The smallest absolute Gasteiger partial charge is 0.444 e. The molecule has 7 nitrogen and oxygen atoms in total. The molecule has 168 valence electrons. The molecule has 0 radical (unpaired) electrons. The van der Waals surface area contributed by atoms with E-state index in [0.717, 1.165) is 12.8 Å². The van der Waals surface area contributed by atoms with Gasteiger partial charge >= 0.3 is 13.2 Å². The molecule has 2 bridgehead atoms. The second-order valence-corrected chi connectivity index (χ2v) is 11.5. The lowest BCUT2D eigenvalue weighted by Gasteiger charge is -2.64. The summed E-state index contributed by atoms with van der Waals surface area (Å²) in [6, 6.07) is 0. The van der Waals surface area contributed by atoms with Crippen LogP contribution in [0.15, 0.2) is 0 Å². The van der Waals surface area contributed by atoms with E-state index in [4.69, 9.17) is 14.0 Å². The minimum Gasteiger partial charge on any atom is -0.444 e. The maximum absolute atomic E-state index is 12.6. The van der Waals surface area contributed by atoms with Crippen LogP contribution < -0.4 is 10.6 Å². The summed E-state index contributed by atoms with van der Waals surface area (Å²) in [5, 5.41) is 5.60. The standard InChI is InChI=1S/C22H37BN2O5/c1-20(2,3)28-19(27)24-12-18(26)25-17(9-13-7-8-13)23-29-16-11-14-10-15(21(14,4)5)22(16,6)30-23/h13-17H,7-12H2,1-6H3,(H,24,27)(H,25,26)/t14-,15-,16+,17-,22-/m0/s1. The van der Waals surface area contributed by atoms with Crippen molar-refractivity contribution in [3.05, 3.63) is 0 Å². The largest absolute Gasteiger partial charge is 0.481 e. The van der Waals surface area contributed by atoms with Crippen molar-refractivity contribution >= 4 is 19.1 Å². The zero-order chi connectivity index (χ0) is 21.9. The number of nitrogens with one attached hydrogen (secondary N) is 2. The van der Waals surface area contributed by atoms with Crippen LogP contribution in [-0.4, -0.2) is 48.9 Å². The monoisotopic (exact) mass is 420 g/mol. The molecule has 2 N–H and O–H groups in total. The summed E-state index contributed by atoms with van der Waals surface area (Å²) >= 11 is 0. The van der Waals surface area contributed by atoms with E-state index in [1.54, 1.807) is 20.8 Å². The maximum atomic E-state index is 12.6. The Kier molecular flexibility index (Phi) is 5.41. The van der Waals surface area contributed by atoms with Crippen LogP contribution in [0.5, 0.6) is 0 Å². The number of rotatable bonds is 6. The van der Waals surface area contributed by atoms with Crippen LogP contribution in [-0.2, 0) is 18.8 Å². The molecule has 5 aliphatic rings. The maximum Gasteiger partial charge on any atom is 0.481 e. The van der Waals surface area contributed by atoms with Crippen molar-refractivity contribution in [2.75, 3.05) is 6.54 Å². The highest BCUT2D eigenvalue weighted by molar-refractivity contribution is 6.47. The first-order valence-electron chi connectivity index (χ1n) is 11.5. The van der Waals surface area contributed by atoms with Gasteiger partial charge in [0, 0.05) is 0 Å². The van der Waals surface area contributed by atoms with Gasteiger partial charge < -0.3 is 24.7 Å². The molecule has 0 spiro atoms. The second-order valence-electron chi connectivity index (χ2n) is 11.5. The van der Waals surface area contributed by atoms with Crippen LogP contribution in [0.4, 0.5) is 4.79 Å². The molecule has 1 aliphatic heterocycles. The summed E-state index contributed by atoms with van der Waals surface area (Å²) in [7, 11) is -0.429. The van der Waals surface area contributed by atoms with E-state index in [9.17, 15) is 9.59 Å². The molecule has 0 aromatic rings. The quantitative estimate of drug-likeness (QED) is 0.645. The van der Waals surface area contributed by atoms with Crippen LogP contribution in [0.25, 0.3) is 0 Å². The van der Waals surface area contributed by atoms with E-state index in [0.29, 0.717) is 17.8 Å². The highest BCUT2D eigenvalue weighted by Gasteiger charge is 2.68. The normalized spacial score (nSPS) is 35.1. The van der Waals surface area contributed by atoms with Gasteiger partial charge in [-0.15, -0.1) is 0 Å². The number of alkyl carbamates (subject to hydrolysis) is 1. The summed E-state index contributed by atoms with van der Waals surface area (Å²) in [6.45, 7) is 12.1. The van der Waals surface area contributed by atoms with E-state index in [-0.39, 0.29) is 35.5 Å². The molecule has 4 aliphatic carbocycles. The predicted octanol–water partition coefficient (Wildman–Crippen LogP) is 3.06. The highest BCUT2D eigenvalue weighted by atomic mass is 16.7. The van der Waals surface area contributed by atoms with Crippen molar-refractivity contribution in [3.63, 3.8) is 0 Å². The Morgan fingerprint density at radius 1 is 1.20 bits per heavy atom. The summed E-state index contributed by atoms with van der Waals surface area (Å²) in [6.07, 6.45) is 4.96. The van der Waals surface area contributed by atoms with Gasteiger partial charge in [0.1, 0.15) is 5.60 Å². The number of hydrogen-bond acceptors (Lipinski definition) is 5. The molecule has 1 saturated heterocycles. The molecule has 1 heterocycles. The topological polar surface area (TPSA) is 85.9 Å². The minimum atomic E-state index is -0.596. The van der Waals surface area contributed by atoms with Crippen molar-refractivity contribution in [3.8, 4) is 0 Å². The lowest BCUT2D eigenvalue weighted by atomic mass is 9.43. The molecular formula is C22H37BN2O5. The molecular weight excluding hydrogens is 383 g/mol. The fraction of sp³-hybridized carbons (Fsp3) is 0.909. The third kappa shape index (κ3) is 4.22. The average Bonchev–Trinajstić information content (AvgIpc) is 3.35. The molecule has 0 aromatic heterocycles. The fourth-order valence-corrected chi connectivity index (χ4v) is 5.75. The van der Waals surface area contributed by atoms with Crippen LogP contribution in [0.3, 0.4) is 0 Å². The second kappa shape index (κ2) is 7.40. The van der Waals surface area contributed by atoms with Gasteiger partial charge in [-0.25, -0.2) is 4.79 Å². The Balaban J connectivity index is 1.35. The van der Waals surface area contributed by atoms with Gasteiger partial charge in [0.05, 0.1) is 24.2 Å². The van der Waals surface area contributed by atoms with Gasteiger partial charge in [-0.1, -0.05) is 26.7 Å². The van der Waals surface area contributed by atoms with E-state index in [1.165, 1.54) is 19.3 Å². The molecule has 5 fully saturated rings. The molecule has 5 rings (SSSR count). The lowest BCUT2D eigenvalue weighted by Crippen LogP contribution is -2.65. The highest BCUT2D eigenvalue weighted by Crippen LogP contribution is 2.65. The van der Waals surface area contributed by atoms with Crippen molar-refractivity contribution in [2.24, 2.45) is 23.2 Å². The summed E-state index contributed by atoms with van der Waals surface area (Å²) in [5.41, 5.74) is -0.596. The first-order chi connectivity index (χ1) is 13.9. The SMILES string of the molecule is CC(C)(C)OC(=O)NCC(=O)N[C@@H](CC1CC1)B1O[C@@H]2C[C@@H]3C[C@@H](C3(C)C)[C@]2(C)O1. The molecule has 4 saturated carbocycles. The number of ether oxygens (including phenoxy) is 1. The minimum absolute atomic E-state index is 0.0952. The Hall–Kier alpha value is -1.28. The van der Waals surface area contributed by atoms with Crippen LogP contribution in [0.2, 0.25) is 0 Å². The van der Waals surface area contributed by atoms with Gasteiger partial charge in [-0.05, 0) is 70.1 Å². The number of hydrogen-bond donors (Lipinski definition) is 2. The van der Waals surface area contributed by atoms with E-state index in [2.05, 4.69) is 31.4 Å². The predicted molar refractivity (Wildman–Crippen MR) is 114 cm³/mol. The molecule has 30 heavy (non-hydrogen) atoms. The summed E-state index contributed by atoms with van der Waals surface area (Å²) < 4.78 is 18.2. The molecule has 0 aromatic carbocycles. The van der Waals surface area contributed by atoms with Gasteiger partial charge in [-0.2, -0.15) is 0 Å². The Labute approximate surface area is 180 Å². The van der Waals surface area contributed by atoms with Crippen LogP contribution in [0.1, 0.15) is 73.6 Å². The van der Waals surface area contributed by atoms with Crippen molar-refractivity contribution in [2.45, 2.75) is 96.9 Å². The van der Waals surface area contributed by atoms with E-state index < -0.39 is 18.8 Å². The average molecular weight is 420 g/mol. The third-order valence-electron chi connectivity index (χ3n) is 7.72. The summed E-state index contributed by atoms with van der Waals surface area (Å²) in [4.78, 5) is 24.4. The molecule has 5 atom stereocenters. The Morgan fingerprint density at radius 3 is 2.50 bits per heavy atom. The first kappa shape index (κ1) is 21.9. The van der Waals surface area contributed by atoms with Gasteiger partial charge in [0.15, 0.2) is 0 Å². The van der Waals surface area contributed by atoms with Crippen molar-refractivity contribution < 1.29 is 23.6 Å². The first-order valence-corrected chi connectivity index (χ1v) is 11.5. The zero-order valence-electron chi connectivity index (χ0n) is 19.2. The van der Waals surface area contributed by atoms with Gasteiger partial charge in [0.25, 0.3) is 0 Å². The van der Waals surface area contributed by atoms with Crippen molar-refractivity contribution in [1.82, 2.24) is 10.6 Å². The number of carbonyl (C=O) groups is 2. The molecule has 8 heteroatoms. The van der Waals surface area contributed by atoms with Crippen molar-refractivity contribution in [1.29, 1.82) is 0 Å². The van der Waals surface area contributed by atoms with E-state index >= 15 is 0 Å². The van der Waals surface area contributed by atoms with E-state index in [1.807, 2.05) is 0 Å². The fourth-order valence-electron chi connectivity index (χ4n) is 5.75. The number of amides is 2. The summed E-state index contributed by atoms with van der Waals surface area (Å²) in [5.74, 6) is 1.35. The van der Waals surface area contributed by atoms with Gasteiger partial charge in [0.2, 0.25) is 5.91 Å². The van der Waals surface area contributed by atoms with Crippen LogP contribution in [0, 0.1) is 23.2 Å². The zero-order valence-corrected chi connectivity index (χ0v) is 19.2. The Morgan fingerprint density at radius 2 is 1.90 bits per heavy atom. The molecule has 0 unspecified atom stereocenters. The lowest BCUT2D eigenvalue weighted by molar-refractivity contribution is -0.199. The third-order valence-corrected chi connectivity index (χ3v) is 7.72.